The summed E-state index contributed by atoms with van der Waals surface area (Å²) in [5.41, 5.74) is 0.845. The van der Waals surface area contributed by atoms with E-state index in [4.69, 9.17) is 5.11 Å². The summed E-state index contributed by atoms with van der Waals surface area (Å²) in [6.07, 6.45) is 6.65. The first-order chi connectivity index (χ1) is 4.70. The zero-order valence-corrected chi connectivity index (χ0v) is 5.45. The Labute approximate surface area is 59.2 Å². The van der Waals surface area contributed by atoms with E-state index in [1.807, 2.05) is 0 Å². The van der Waals surface area contributed by atoms with E-state index < -0.39 is 11.9 Å². The predicted octanol–water partition coefficient (Wildman–Crippen LogP) is 1.37. The fourth-order valence-corrected chi connectivity index (χ4v) is 0.739. The van der Waals surface area contributed by atoms with Crippen LogP contribution in [0.25, 0.3) is 0 Å². The highest BCUT2D eigenvalue weighted by molar-refractivity contribution is 5.75. The lowest BCUT2D eigenvalue weighted by atomic mass is 10.0. The van der Waals surface area contributed by atoms with E-state index in [1.165, 1.54) is 0 Å². The summed E-state index contributed by atoms with van der Waals surface area (Å²) in [4.78, 5) is 10.3. The van der Waals surface area contributed by atoms with Crippen molar-refractivity contribution in [2.24, 2.45) is 5.92 Å². The first kappa shape index (κ1) is 6.81. The van der Waals surface area contributed by atoms with Crippen molar-refractivity contribution in [1.82, 2.24) is 0 Å². The molecule has 2 nitrogen and oxygen atoms in total. The van der Waals surface area contributed by atoms with E-state index in [2.05, 4.69) is 6.58 Å². The van der Waals surface area contributed by atoms with Crippen LogP contribution in [-0.2, 0) is 4.79 Å². The third-order valence-corrected chi connectivity index (χ3v) is 1.32. The van der Waals surface area contributed by atoms with Crippen molar-refractivity contribution in [3.8, 4) is 0 Å². The molecule has 1 aliphatic rings. The Balaban J connectivity index is 2.71. The molecule has 0 fully saturated rings. The van der Waals surface area contributed by atoms with Crippen molar-refractivity contribution in [1.29, 1.82) is 0 Å². The third kappa shape index (κ3) is 1.35. The summed E-state index contributed by atoms with van der Waals surface area (Å²) in [5, 5.41) is 8.49. The lowest BCUT2D eigenvalue weighted by Gasteiger charge is -2.04. The zero-order chi connectivity index (χ0) is 7.56. The number of aliphatic carboxylic acids is 1. The number of carbonyl (C=O) groups is 1. The van der Waals surface area contributed by atoms with Gasteiger partial charge in [-0.1, -0.05) is 30.9 Å². The first-order valence-electron chi connectivity index (χ1n) is 2.98. The molecule has 0 heterocycles. The van der Waals surface area contributed by atoms with Gasteiger partial charge in [0.05, 0.1) is 5.92 Å². The summed E-state index contributed by atoms with van der Waals surface area (Å²) in [6, 6.07) is 0. The van der Waals surface area contributed by atoms with Gasteiger partial charge in [0.15, 0.2) is 0 Å². The molecule has 1 aliphatic carbocycles. The maximum Gasteiger partial charge on any atom is 0.314 e. The molecule has 10 heavy (non-hydrogen) atoms. The lowest BCUT2D eigenvalue weighted by molar-refractivity contribution is -0.138. The normalized spacial score (nSPS) is 17.8. The molecule has 0 saturated heterocycles. The molecule has 0 atom stereocenters. The van der Waals surface area contributed by atoms with E-state index >= 15 is 0 Å². The Hall–Kier alpha value is -1.31. The smallest absolute Gasteiger partial charge is 0.314 e. The van der Waals surface area contributed by atoms with Gasteiger partial charge in [-0.15, -0.1) is 0 Å². The van der Waals surface area contributed by atoms with Gasteiger partial charge in [-0.2, -0.15) is 0 Å². The van der Waals surface area contributed by atoms with Gasteiger partial charge in [0, 0.05) is 0 Å². The Bertz CT molecular complexity index is 207. The molecule has 2 heteroatoms. The molecule has 0 amide bonds. The van der Waals surface area contributed by atoms with Crippen LogP contribution in [-0.4, -0.2) is 11.1 Å². The highest BCUT2D eigenvalue weighted by atomic mass is 16.4. The molecule has 0 aromatic carbocycles. The van der Waals surface area contributed by atoms with Crippen molar-refractivity contribution < 1.29 is 9.90 Å². The maximum absolute atomic E-state index is 10.3. The van der Waals surface area contributed by atoms with E-state index in [0.29, 0.717) is 0 Å². The molecule has 0 radical (unpaired) electrons. The molecule has 0 aromatic heterocycles. The summed E-state index contributed by atoms with van der Waals surface area (Å²) in [7, 11) is 0. The van der Waals surface area contributed by atoms with Crippen molar-refractivity contribution >= 4 is 5.97 Å². The van der Waals surface area contributed by atoms with E-state index in [1.54, 1.807) is 24.3 Å². The fourth-order valence-electron chi connectivity index (χ4n) is 0.739. The summed E-state index contributed by atoms with van der Waals surface area (Å²) >= 11 is 0. The second kappa shape index (κ2) is 2.52. The maximum atomic E-state index is 10.3. The van der Waals surface area contributed by atoms with Crippen LogP contribution < -0.4 is 0 Å². The van der Waals surface area contributed by atoms with Gasteiger partial charge >= 0.3 is 5.97 Å². The largest absolute Gasteiger partial charge is 0.481 e. The minimum absolute atomic E-state index is 0.467. The molecule has 0 unspecified atom stereocenters. The second-order valence-electron chi connectivity index (χ2n) is 2.16. The molecule has 0 bridgehead atoms. The van der Waals surface area contributed by atoms with Crippen LogP contribution in [0.15, 0.2) is 36.5 Å². The highest BCUT2D eigenvalue weighted by Crippen LogP contribution is 2.11. The third-order valence-electron chi connectivity index (χ3n) is 1.32. The molecular formula is C8H8O2. The number of hydrogen-bond donors (Lipinski definition) is 1. The van der Waals surface area contributed by atoms with Gasteiger partial charge in [0.2, 0.25) is 0 Å². The van der Waals surface area contributed by atoms with Gasteiger partial charge in [0.1, 0.15) is 0 Å². The van der Waals surface area contributed by atoms with Crippen LogP contribution in [0.3, 0.4) is 0 Å². The number of carboxylic acid groups (broad SMARTS) is 1. The Morgan fingerprint density at radius 3 is 2.40 bits per heavy atom. The predicted molar refractivity (Wildman–Crippen MR) is 38.5 cm³/mol. The molecule has 52 valence electrons. The van der Waals surface area contributed by atoms with E-state index in [-0.39, 0.29) is 0 Å². The topological polar surface area (TPSA) is 37.3 Å². The van der Waals surface area contributed by atoms with Crippen LogP contribution >= 0.6 is 0 Å². The monoisotopic (exact) mass is 136 g/mol. The highest BCUT2D eigenvalue weighted by Gasteiger charge is 2.11. The number of allylic oxidation sites excluding steroid dienone is 3. The number of carboxylic acids is 1. The molecule has 1 N–H and O–H groups in total. The van der Waals surface area contributed by atoms with Gasteiger partial charge < -0.3 is 5.11 Å². The lowest BCUT2D eigenvalue weighted by Crippen LogP contribution is -2.09. The molecule has 1 rings (SSSR count). The van der Waals surface area contributed by atoms with Crippen molar-refractivity contribution in [3.63, 3.8) is 0 Å². The molecule has 0 spiro atoms. The Morgan fingerprint density at radius 2 is 2.00 bits per heavy atom. The quantitative estimate of drug-likeness (QED) is 0.591. The number of hydrogen-bond acceptors (Lipinski definition) is 1. The van der Waals surface area contributed by atoms with E-state index in [0.717, 1.165) is 5.57 Å². The Kier molecular flexibility index (Phi) is 1.71. The van der Waals surface area contributed by atoms with Gasteiger partial charge in [-0.05, 0) is 5.57 Å². The van der Waals surface area contributed by atoms with Crippen LogP contribution in [0.1, 0.15) is 0 Å². The van der Waals surface area contributed by atoms with Crippen LogP contribution in [0.5, 0.6) is 0 Å². The summed E-state index contributed by atoms with van der Waals surface area (Å²) < 4.78 is 0. The van der Waals surface area contributed by atoms with Gasteiger partial charge in [-0.25, -0.2) is 0 Å². The molecule has 0 aliphatic heterocycles. The summed E-state index contributed by atoms with van der Waals surface area (Å²) in [5.74, 6) is -1.29. The fraction of sp³-hybridized carbons (Fsp3) is 0.125. The standard InChI is InChI=1S/C8H8O2/c1-6-2-4-7(5-3-6)8(9)10/h2-5,7H,1H2,(H,9,10). The molecule has 0 saturated carbocycles. The van der Waals surface area contributed by atoms with Crippen molar-refractivity contribution in [3.05, 3.63) is 36.5 Å². The molecular weight excluding hydrogens is 128 g/mol. The zero-order valence-electron chi connectivity index (χ0n) is 5.45. The SMILES string of the molecule is C=C1C=CC(C(=O)O)C=C1. The van der Waals surface area contributed by atoms with Crippen molar-refractivity contribution in [2.45, 2.75) is 0 Å². The minimum Gasteiger partial charge on any atom is -0.481 e. The average Bonchev–Trinajstić information content (AvgIpc) is 1.88. The second-order valence-corrected chi connectivity index (χ2v) is 2.16. The van der Waals surface area contributed by atoms with Gasteiger partial charge in [-0.3, -0.25) is 4.79 Å². The van der Waals surface area contributed by atoms with Crippen LogP contribution in [0.4, 0.5) is 0 Å². The van der Waals surface area contributed by atoms with Crippen LogP contribution in [0.2, 0.25) is 0 Å². The van der Waals surface area contributed by atoms with E-state index in [9.17, 15) is 4.79 Å². The van der Waals surface area contributed by atoms with Crippen LogP contribution in [0, 0.1) is 5.92 Å². The Morgan fingerprint density at radius 1 is 1.50 bits per heavy atom. The summed E-state index contributed by atoms with van der Waals surface area (Å²) in [6.45, 7) is 3.64. The molecule has 0 aromatic rings. The minimum atomic E-state index is -0.819. The number of rotatable bonds is 1. The average molecular weight is 136 g/mol. The first-order valence-corrected chi connectivity index (χ1v) is 2.98. The van der Waals surface area contributed by atoms with Crippen molar-refractivity contribution in [2.75, 3.05) is 0 Å². The van der Waals surface area contributed by atoms with Gasteiger partial charge in [0.25, 0.3) is 0 Å².